The first kappa shape index (κ1) is 15.1. The zero-order valence-electron chi connectivity index (χ0n) is 12.7. The maximum atomic E-state index is 10.2. The number of rotatable bonds is 4. The number of anilines is 2. The first-order chi connectivity index (χ1) is 11.5. The van der Waals surface area contributed by atoms with Crippen LogP contribution in [0.15, 0.2) is 24.3 Å². The molecule has 124 valence electrons. The Morgan fingerprint density at radius 3 is 2.67 bits per heavy atom. The van der Waals surface area contributed by atoms with Crippen molar-refractivity contribution in [3.05, 3.63) is 29.1 Å². The standard InChI is InChI=1S/C16H17N5O2S/c17-11-10-12(8-3-1-2-4-9(8)22)20-16(19-7-5-6-7)21-15(10)24-13(11)14(18)23/h1-4,7,14,22-23H,5-6,17-18H2,(H,19,20,21). The number of phenolic OH excluding ortho intramolecular Hbond substituents is 1. The van der Waals surface area contributed by atoms with Gasteiger partial charge in [-0.2, -0.15) is 0 Å². The van der Waals surface area contributed by atoms with Crippen LogP contribution >= 0.6 is 11.3 Å². The van der Waals surface area contributed by atoms with E-state index < -0.39 is 6.23 Å². The molecule has 0 bridgehead atoms. The molecule has 4 rings (SSSR count). The highest BCUT2D eigenvalue weighted by Gasteiger charge is 2.25. The predicted molar refractivity (Wildman–Crippen MR) is 94.7 cm³/mol. The van der Waals surface area contributed by atoms with E-state index in [1.165, 1.54) is 11.3 Å². The highest BCUT2D eigenvalue weighted by molar-refractivity contribution is 7.19. The number of para-hydroxylation sites is 1. The van der Waals surface area contributed by atoms with Crippen LogP contribution in [-0.2, 0) is 0 Å². The van der Waals surface area contributed by atoms with E-state index in [0.717, 1.165) is 12.8 Å². The predicted octanol–water partition coefficient (Wildman–Crippen LogP) is 2.17. The van der Waals surface area contributed by atoms with Crippen LogP contribution in [0.4, 0.5) is 11.6 Å². The van der Waals surface area contributed by atoms with E-state index in [1.54, 1.807) is 18.2 Å². The number of thiophene rings is 1. The highest BCUT2D eigenvalue weighted by atomic mass is 32.1. The molecular weight excluding hydrogens is 326 g/mol. The number of aliphatic hydroxyl groups excluding tert-OH is 1. The molecule has 8 heteroatoms. The molecule has 1 aliphatic carbocycles. The number of nitrogens with two attached hydrogens (primary N) is 2. The topological polar surface area (TPSA) is 130 Å². The number of fused-ring (bicyclic) bond motifs is 1. The van der Waals surface area contributed by atoms with E-state index in [9.17, 15) is 10.2 Å². The van der Waals surface area contributed by atoms with Crippen molar-refractivity contribution < 1.29 is 10.2 Å². The third-order valence-corrected chi connectivity index (χ3v) is 5.13. The summed E-state index contributed by atoms with van der Waals surface area (Å²) in [5.41, 5.74) is 13.2. The fourth-order valence-corrected chi connectivity index (χ4v) is 3.58. The van der Waals surface area contributed by atoms with Gasteiger partial charge in [0.15, 0.2) is 0 Å². The van der Waals surface area contributed by atoms with Gasteiger partial charge in [0.25, 0.3) is 0 Å². The quantitative estimate of drug-likeness (QED) is 0.459. The molecule has 1 aromatic carbocycles. The fourth-order valence-electron chi connectivity index (χ4n) is 2.60. The summed E-state index contributed by atoms with van der Waals surface area (Å²) in [5.74, 6) is 0.595. The lowest BCUT2D eigenvalue weighted by molar-refractivity contribution is 0.191. The van der Waals surface area contributed by atoms with Crippen molar-refractivity contribution in [1.82, 2.24) is 9.97 Å². The zero-order chi connectivity index (χ0) is 16.8. The van der Waals surface area contributed by atoms with Crippen LogP contribution in [0.25, 0.3) is 21.5 Å². The molecule has 2 aromatic heterocycles. The van der Waals surface area contributed by atoms with Crippen LogP contribution in [0.5, 0.6) is 5.75 Å². The van der Waals surface area contributed by atoms with Gasteiger partial charge in [0, 0.05) is 11.6 Å². The second-order valence-corrected chi connectivity index (χ2v) is 6.87. The van der Waals surface area contributed by atoms with E-state index in [-0.39, 0.29) is 5.75 Å². The summed E-state index contributed by atoms with van der Waals surface area (Å²) in [6.45, 7) is 0. The lowest BCUT2D eigenvalue weighted by Gasteiger charge is -2.09. The van der Waals surface area contributed by atoms with Gasteiger partial charge in [-0.3, -0.25) is 0 Å². The molecule has 1 aliphatic rings. The lowest BCUT2D eigenvalue weighted by Crippen LogP contribution is -2.08. The molecule has 0 saturated heterocycles. The van der Waals surface area contributed by atoms with Crippen molar-refractivity contribution in [2.24, 2.45) is 5.73 Å². The van der Waals surface area contributed by atoms with Crippen LogP contribution < -0.4 is 16.8 Å². The van der Waals surface area contributed by atoms with Gasteiger partial charge in [-0.1, -0.05) is 12.1 Å². The first-order valence-corrected chi connectivity index (χ1v) is 8.44. The summed E-state index contributed by atoms with van der Waals surface area (Å²) < 4.78 is 0. The van der Waals surface area contributed by atoms with Crippen LogP contribution in [0.3, 0.4) is 0 Å². The Hall–Kier alpha value is -2.42. The second-order valence-electron chi connectivity index (χ2n) is 5.84. The smallest absolute Gasteiger partial charge is 0.224 e. The maximum Gasteiger partial charge on any atom is 0.224 e. The summed E-state index contributed by atoms with van der Waals surface area (Å²) in [4.78, 5) is 10.1. The Balaban J connectivity index is 1.99. The maximum absolute atomic E-state index is 10.2. The van der Waals surface area contributed by atoms with Gasteiger partial charge in [0.1, 0.15) is 16.8 Å². The van der Waals surface area contributed by atoms with Crippen LogP contribution in [0.2, 0.25) is 0 Å². The molecule has 1 atom stereocenters. The third kappa shape index (κ3) is 2.54. The van der Waals surface area contributed by atoms with E-state index in [4.69, 9.17) is 11.5 Å². The van der Waals surface area contributed by atoms with Gasteiger partial charge in [-0.15, -0.1) is 11.3 Å². The molecule has 0 radical (unpaired) electrons. The number of aromatic hydroxyl groups is 1. The molecular formula is C16H17N5O2S. The molecule has 1 unspecified atom stereocenters. The van der Waals surface area contributed by atoms with Crippen molar-refractivity contribution in [3.63, 3.8) is 0 Å². The Labute approximate surface area is 142 Å². The van der Waals surface area contributed by atoms with Gasteiger partial charge in [0.2, 0.25) is 5.95 Å². The summed E-state index contributed by atoms with van der Waals surface area (Å²) in [5, 5.41) is 23.8. The minimum absolute atomic E-state index is 0.107. The molecule has 1 saturated carbocycles. The van der Waals surface area contributed by atoms with E-state index in [2.05, 4.69) is 15.3 Å². The van der Waals surface area contributed by atoms with Crippen LogP contribution in [0, 0.1) is 0 Å². The van der Waals surface area contributed by atoms with E-state index >= 15 is 0 Å². The average Bonchev–Trinajstić information content (AvgIpc) is 3.29. The molecule has 0 amide bonds. The van der Waals surface area contributed by atoms with Crippen LogP contribution in [0.1, 0.15) is 23.9 Å². The van der Waals surface area contributed by atoms with Crippen molar-refractivity contribution in [2.75, 3.05) is 11.1 Å². The van der Waals surface area contributed by atoms with Crippen molar-refractivity contribution in [1.29, 1.82) is 0 Å². The molecule has 7 nitrogen and oxygen atoms in total. The van der Waals surface area contributed by atoms with Gasteiger partial charge in [-0.05, 0) is 25.0 Å². The summed E-state index contributed by atoms with van der Waals surface area (Å²) in [6, 6.07) is 7.31. The SMILES string of the molecule is Nc1c(C(N)O)sc2nc(NC3CC3)nc(-c3ccccc3O)c12. The number of phenols is 1. The number of nitrogen functional groups attached to an aromatic ring is 1. The lowest BCUT2D eigenvalue weighted by atomic mass is 10.1. The summed E-state index contributed by atoms with van der Waals surface area (Å²) in [7, 11) is 0. The first-order valence-electron chi connectivity index (χ1n) is 7.63. The normalized spacial score (nSPS) is 15.6. The van der Waals surface area contributed by atoms with Crippen LogP contribution in [-0.4, -0.2) is 26.2 Å². The zero-order valence-corrected chi connectivity index (χ0v) is 13.5. The Morgan fingerprint density at radius 1 is 1.25 bits per heavy atom. The number of nitrogens with one attached hydrogen (secondary N) is 1. The van der Waals surface area contributed by atoms with Crippen molar-refractivity contribution in [3.8, 4) is 17.0 Å². The largest absolute Gasteiger partial charge is 0.507 e. The molecule has 2 heterocycles. The van der Waals surface area contributed by atoms with Crippen molar-refractivity contribution in [2.45, 2.75) is 25.1 Å². The Morgan fingerprint density at radius 2 is 2.00 bits per heavy atom. The molecule has 1 fully saturated rings. The van der Waals surface area contributed by atoms with Gasteiger partial charge < -0.3 is 27.0 Å². The third-order valence-electron chi connectivity index (χ3n) is 3.96. The average molecular weight is 343 g/mol. The molecule has 3 aromatic rings. The minimum Gasteiger partial charge on any atom is -0.507 e. The fraction of sp³-hybridized carbons (Fsp3) is 0.250. The van der Waals surface area contributed by atoms with Crippen molar-refractivity contribution >= 4 is 33.2 Å². The van der Waals surface area contributed by atoms with Gasteiger partial charge in [-0.25, -0.2) is 9.97 Å². The number of nitrogens with zero attached hydrogens (tertiary/aromatic N) is 2. The number of aromatic nitrogens is 2. The molecule has 24 heavy (non-hydrogen) atoms. The number of benzene rings is 1. The number of hydrogen-bond acceptors (Lipinski definition) is 8. The molecule has 0 aliphatic heterocycles. The molecule has 0 spiro atoms. The molecule has 7 N–H and O–H groups in total. The van der Waals surface area contributed by atoms with Gasteiger partial charge >= 0.3 is 0 Å². The van der Waals surface area contributed by atoms with E-state index in [1.807, 2.05) is 6.07 Å². The number of aliphatic hydroxyl groups is 1. The van der Waals surface area contributed by atoms with Gasteiger partial charge in [0.05, 0.1) is 21.6 Å². The Kier molecular flexibility index (Phi) is 3.52. The van der Waals surface area contributed by atoms with E-state index in [0.29, 0.717) is 44.0 Å². The number of hydrogen-bond donors (Lipinski definition) is 5. The minimum atomic E-state index is -1.18. The monoisotopic (exact) mass is 343 g/mol. The summed E-state index contributed by atoms with van der Waals surface area (Å²) >= 11 is 1.24. The Bertz CT molecular complexity index is 920. The highest BCUT2D eigenvalue weighted by Crippen LogP contribution is 2.42. The summed E-state index contributed by atoms with van der Waals surface area (Å²) in [6.07, 6.45) is 1.00. The second kappa shape index (κ2) is 5.59.